The van der Waals surface area contributed by atoms with Crippen LogP contribution in [0, 0.1) is 5.92 Å². The minimum Gasteiger partial charge on any atom is -0.489 e. The molecule has 3 aromatic rings. The number of aliphatic imine (C=N–C) groups is 1. The summed E-state index contributed by atoms with van der Waals surface area (Å²) in [5.41, 5.74) is 5.05. The zero-order valence-corrected chi connectivity index (χ0v) is 23.2. The zero-order valence-electron chi connectivity index (χ0n) is 22.4. The second-order valence-electron chi connectivity index (χ2n) is 10.5. The largest absolute Gasteiger partial charge is 0.489 e. The Morgan fingerprint density at radius 3 is 2.28 bits per heavy atom. The highest BCUT2D eigenvalue weighted by Gasteiger charge is 2.45. The number of ether oxygens (including phenoxy) is 2. The third-order valence-corrected chi connectivity index (χ3v) is 7.58. The first-order chi connectivity index (χ1) is 18.8. The van der Waals surface area contributed by atoms with E-state index in [2.05, 4.69) is 0 Å². The SMILES string of the molecule is CC1=NC2=C(C(=O)C[C@H](c3ccc(Cl)cc3)C2)[C@@H](c2ccc(OCc3ccccc3)cc2)C1C(=O)OC(C)C. The molecule has 2 aliphatic rings. The predicted octanol–water partition coefficient (Wildman–Crippen LogP) is 7.45. The van der Waals surface area contributed by atoms with E-state index >= 15 is 0 Å². The van der Waals surface area contributed by atoms with Crippen molar-refractivity contribution >= 4 is 29.1 Å². The Balaban J connectivity index is 1.47. The van der Waals surface area contributed by atoms with Crippen LogP contribution in [0.15, 0.2) is 95.1 Å². The van der Waals surface area contributed by atoms with E-state index in [9.17, 15) is 9.59 Å². The van der Waals surface area contributed by atoms with Crippen molar-refractivity contribution in [3.63, 3.8) is 0 Å². The highest BCUT2D eigenvalue weighted by atomic mass is 35.5. The standard InChI is InChI=1S/C33H32ClNO4/c1-20(2)39-33(37)30-21(3)35-28-17-25(23-9-13-26(34)14-10-23)18-29(36)32(28)31(30)24-11-15-27(16-12-24)38-19-22-7-5-4-6-8-22/h4-16,20,25,30-31H,17-19H2,1-3H3/t25-,30?,31+/m1/s1. The van der Waals surface area contributed by atoms with Gasteiger partial charge in [-0.05, 0) is 74.1 Å². The molecular formula is C33H32ClNO4. The summed E-state index contributed by atoms with van der Waals surface area (Å²) >= 11 is 6.09. The fourth-order valence-corrected chi connectivity index (χ4v) is 5.64. The molecule has 0 aromatic heterocycles. The minimum atomic E-state index is -0.668. The number of carbonyl (C=O) groups is 2. The van der Waals surface area contributed by atoms with Crippen LogP contribution in [-0.2, 0) is 20.9 Å². The first-order valence-electron chi connectivity index (χ1n) is 13.3. The lowest BCUT2D eigenvalue weighted by Gasteiger charge is -2.36. The number of halogens is 1. The van der Waals surface area contributed by atoms with Crippen LogP contribution in [0.4, 0.5) is 0 Å². The summed E-state index contributed by atoms with van der Waals surface area (Å²) in [5, 5.41) is 0.662. The van der Waals surface area contributed by atoms with E-state index < -0.39 is 11.8 Å². The summed E-state index contributed by atoms with van der Waals surface area (Å²) < 4.78 is 11.6. The number of allylic oxidation sites excluding steroid dienone is 2. The van der Waals surface area contributed by atoms with Crippen LogP contribution in [0.2, 0.25) is 5.02 Å². The van der Waals surface area contributed by atoms with Gasteiger partial charge in [-0.15, -0.1) is 0 Å². The molecule has 0 amide bonds. The van der Waals surface area contributed by atoms with Crippen LogP contribution in [0.5, 0.6) is 5.75 Å². The van der Waals surface area contributed by atoms with Gasteiger partial charge < -0.3 is 9.47 Å². The molecule has 3 atom stereocenters. The first-order valence-corrected chi connectivity index (χ1v) is 13.7. The highest BCUT2D eigenvalue weighted by molar-refractivity contribution is 6.30. The Bertz CT molecular complexity index is 1410. The molecule has 1 aliphatic heterocycles. The minimum absolute atomic E-state index is 0.0126. The van der Waals surface area contributed by atoms with Gasteiger partial charge in [-0.3, -0.25) is 14.6 Å². The van der Waals surface area contributed by atoms with Crippen LogP contribution in [0.25, 0.3) is 0 Å². The predicted molar refractivity (Wildman–Crippen MR) is 153 cm³/mol. The summed E-state index contributed by atoms with van der Waals surface area (Å²) in [5.74, 6) is -0.747. The number of nitrogens with zero attached hydrogens (tertiary/aromatic N) is 1. The molecule has 1 unspecified atom stereocenters. The highest BCUT2D eigenvalue weighted by Crippen LogP contribution is 2.47. The summed E-state index contributed by atoms with van der Waals surface area (Å²) in [4.78, 5) is 31.9. The molecule has 0 fully saturated rings. The normalized spacial score (nSPS) is 20.9. The number of ketones is 1. The molecular weight excluding hydrogens is 510 g/mol. The van der Waals surface area contributed by atoms with E-state index in [-0.39, 0.29) is 23.8 Å². The third kappa shape index (κ3) is 5.99. The number of esters is 1. The van der Waals surface area contributed by atoms with Crippen molar-refractivity contribution in [2.24, 2.45) is 10.9 Å². The van der Waals surface area contributed by atoms with Crippen LogP contribution < -0.4 is 4.74 Å². The Kier molecular flexibility index (Phi) is 7.99. The fourth-order valence-electron chi connectivity index (χ4n) is 5.51. The summed E-state index contributed by atoms with van der Waals surface area (Å²) in [7, 11) is 0. The van der Waals surface area contributed by atoms with Gasteiger partial charge in [0.2, 0.25) is 0 Å². The average molecular weight is 542 g/mol. The van der Waals surface area contributed by atoms with Crippen LogP contribution in [-0.4, -0.2) is 23.6 Å². The van der Waals surface area contributed by atoms with E-state index in [0.29, 0.717) is 35.8 Å². The van der Waals surface area contributed by atoms with E-state index in [1.54, 1.807) is 0 Å². The van der Waals surface area contributed by atoms with Gasteiger partial charge >= 0.3 is 5.97 Å². The van der Waals surface area contributed by atoms with Crippen molar-refractivity contribution < 1.29 is 19.1 Å². The van der Waals surface area contributed by atoms with Crippen molar-refractivity contribution in [3.05, 3.63) is 112 Å². The topological polar surface area (TPSA) is 65.0 Å². The summed E-state index contributed by atoms with van der Waals surface area (Å²) in [6, 6.07) is 25.3. The average Bonchev–Trinajstić information content (AvgIpc) is 2.92. The van der Waals surface area contributed by atoms with Gasteiger partial charge in [0.1, 0.15) is 18.3 Å². The molecule has 6 heteroatoms. The van der Waals surface area contributed by atoms with Gasteiger partial charge in [0.25, 0.3) is 0 Å². The molecule has 5 rings (SSSR count). The quantitative estimate of drug-likeness (QED) is 0.291. The van der Waals surface area contributed by atoms with Gasteiger partial charge in [-0.25, -0.2) is 0 Å². The summed E-state index contributed by atoms with van der Waals surface area (Å²) in [6.45, 7) is 5.97. The van der Waals surface area contributed by atoms with Gasteiger partial charge in [0.05, 0.1) is 6.10 Å². The monoisotopic (exact) mass is 541 g/mol. The van der Waals surface area contributed by atoms with Crippen LogP contribution in [0.1, 0.15) is 62.1 Å². The Morgan fingerprint density at radius 2 is 1.62 bits per heavy atom. The lowest BCUT2D eigenvalue weighted by atomic mass is 9.69. The molecule has 1 heterocycles. The molecule has 0 radical (unpaired) electrons. The van der Waals surface area contributed by atoms with E-state index in [4.69, 9.17) is 26.1 Å². The number of hydrogen-bond donors (Lipinski definition) is 0. The van der Waals surface area contributed by atoms with Crippen LogP contribution in [0.3, 0.4) is 0 Å². The van der Waals surface area contributed by atoms with Crippen molar-refractivity contribution in [1.29, 1.82) is 0 Å². The van der Waals surface area contributed by atoms with Crippen molar-refractivity contribution in [2.75, 3.05) is 0 Å². The Morgan fingerprint density at radius 1 is 0.949 bits per heavy atom. The van der Waals surface area contributed by atoms with Crippen molar-refractivity contribution in [2.45, 2.75) is 58.2 Å². The first kappa shape index (κ1) is 26.9. The number of Topliss-reactive ketones (excluding diaryl/α,β-unsaturated/α-hetero) is 1. The smallest absolute Gasteiger partial charge is 0.315 e. The maximum atomic E-state index is 13.8. The van der Waals surface area contributed by atoms with Gasteiger partial charge in [0.15, 0.2) is 5.78 Å². The number of benzene rings is 3. The molecule has 0 bridgehead atoms. The number of carbonyl (C=O) groups excluding carboxylic acids is 2. The molecule has 3 aromatic carbocycles. The molecule has 5 nitrogen and oxygen atoms in total. The lowest BCUT2D eigenvalue weighted by molar-refractivity contribution is -0.150. The van der Waals surface area contributed by atoms with Crippen LogP contribution >= 0.6 is 11.6 Å². The molecule has 0 spiro atoms. The van der Waals surface area contributed by atoms with E-state index in [1.807, 2.05) is 99.6 Å². The molecule has 0 N–H and O–H groups in total. The third-order valence-electron chi connectivity index (χ3n) is 7.32. The van der Waals surface area contributed by atoms with Gasteiger partial charge in [-0.1, -0.05) is 66.2 Å². The van der Waals surface area contributed by atoms with E-state index in [0.717, 1.165) is 28.1 Å². The Labute approximate surface area is 234 Å². The lowest BCUT2D eigenvalue weighted by Crippen LogP contribution is -2.38. The molecule has 200 valence electrons. The fraction of sp³-hybridized carbons (Fsp3) is 0.303. The van der Waals surface area contributed by atoms with Gasteiger partial charge in [0, 0.05) is 34.3 Å². The van der Waals surface area contributed by atoms with Crippen molar-refractivity contribution in [3.8, 4) is 5.75 Å². The van der Waals surface area contributed by atoms with E-state index in [1.165, 1.54) is 0 Å². The second kappa shape index (κ2) is 11.6. The maximum absolute atomic E-state index is 13.8. The zero-order chi connectivity index (χ0) is 27.5. The maximum Gasteiger partial charge on any atom is 0.315 e. The molecule has 0 saturated carbocycles. The molecule has 0 saturated heterocycles. The molecule has 39 heavy (non-hydrogen) atoms. The number of hydrogen-bond acceptors (Lipinski definition) is 5. The number of rotatable bonds is 7. The Hall–Kier alpha value is -3.70. The summed E-state index contributed by atoms with van der Waals surface area (Å²) in [6.07, 6.45) is 0.711. The molecule has 1 aliphatic carbocycles. The van der Waals surface area contributed by atoms with Crippen molar-refractivity contribution in [1.82, 2.24) is 0 Å². The second-order valence-corrected chi connectivity index (χ2v) is 10.9. The van der Waals surface area contributed by atoms with Gasteiger partial charge in [-0.2, -0.15) is 0 Å².